The number of carbonyl (C=O) groups excluding carboxylic acids is 1. The fourth-order valence-corrected chi connectivity index (χ4v) is 3.00. The first-order valence-electron chi connectivity index (χ1n) is 9.29. The summed E-state index contributed by atoms with van der Waals surface area (Å²) in [6, 6.07) is 18.1. The molecule has 0 spiro atoms. The van der Waals surface area contributed by atoms with E-state index < -0.39 is 0 Å². The molecule has 3 aromatic rings. The summed E-state index contributed by atoms with van der Waals surface area (Å²) in [5, 5.41) is 10.9. The van der Waals surface area contributed by atoms with E-state index in [0.29, 0.717) is 0 Å². The Hall–Kier alpha value is -2.92. The van der Waals surface area contributed by atoms with Crippen molar-refractivity contribution in [1.29, 1.82) is 0 Å². The van der Waals surface area contributed by atoms with E-state index in [1.54, 1.807) is 0 Å². The summed E-state index contributed by atoms with van der Waals surface area (Å²) in [6.07, 6.45) is 4.20. The highest BCUT2D eigenvalue weighted by Gasteiger charge is 2.06. The maximum absolute atomic E-state index is 11.0. The lowest BCUT2D eigenvalue weighted by atomic mass is 10.1. The third-order valence-corrected chi connectivity index (χ3v) is 4.42. The second-order valence-corrected chi connectivity index (χ2v) is 6.68. The van der Waals surface area contributed by atoms with Crippen molar-refractivity contribution >= 4 is 11.6 Å². The SMILES string of the molecule is CC(=O)Nc1ccc(CNCCCc2cn(-c3ccccc3)nc2C)cc1. The number of para-hydroxylation sites is 1. The van der Waals surface area contributed by atoms with Crippen molar-refractivity contribution < 1.29 is 4.79 Å². The maximum Gasteiger partial charge on any atom is 0.221 e. The molecule has 0 saturated heterocycles. The van der Waals surface area contributed by atoms with E-state index in [-0.39, 0.29) is 5.91 Å². The Balaban J connectivity index is 1.43. The highest BCUT2D eigenvalue weighted by atomic mass is 16.1. The van der Waals surface area contributed by atoms with Gasteiger partial charge in [0.2, 0.25) is 5.91 Å². The number of anilines is 1. The molecule has 0 atom stereocenters. The molecule has 27 heavy (non-hydrogen) atoms. The third kappa shape index (κ3) is 5.53. The molecule has 0 aliphatic carbocycles. The Morgan fingerprint density at radius 2 is 1.81 bits per heavy atom. The van der Waals surface area contributed by atoms with Crippen LogP contribution in [0.3, 0.4) is 0 Å². The topological polar surface area (TPSA) is 59.0 Å². The lowest BCUT2D eigenvalue weighted by Crippen LogP contribution is -2.15. The zero-order valence-electron chi connectivity index (χ0n) is 15.9. The minimum absolute atomic E-state index is 0.0493. The van der Waals surface area contributed by atoms with Crippen LogP contribution in [-0.4, -0.2) is 22.2 Å². The molecule has 0 fully saturated rings. The average molecular weight is 362 g/mol. The number of benzene rings is 2. The Morgan fingerprint density at radius 1 is 1.07 bits per heavy atom. The Labute approximate surface area is 160 Å². The summed E-state index contributed by atoms with van der Waals surface area (Å²) in [7, 11) is 0. The van der Waals surface area contributed by atoms with Crippen molar-refractivity contribution in [2.75, 3.05) is 11.9 Å². The fraction of sp³-hybridized carbons (Fsp3) is 0.273. The lowest BCUT2D eigenvalue weighted by molar-refractivity contribution is -0.114. The van der Waals surface area contributed by atoms with Crippen LogP contribution in [0.1, 0.15) is 30.2 Å². The van der Waals surface area contributed by atoms with E-state index in [9.17, 15) is 4.79 Å². The molecule has 1 heterocycles. The van der Waals surface area contributed by atoms with Gasteiger partial charge in [-0.05, 0) is 61.7 Å². The second kappa shape index (κ2) is 9.14. The van der Waals surface area contributed by atoms with Gasteiger partial charge in [0.05, 0.1) is 11.4 Å². The number of rotatable bonds is 8. The van der Waals surface area contributed by atoms with Gasteiger partial charge < -0.3 is 10.6 Å². The maximum atomic E-state index is 11.0. The summed E-state index contributed by atoms with van der Waals surface area (Å²) in [6.45, 7) is 5.35. The van der Waals surface area contributed by atoms with Crippen molar-refractivity contribution in [2.45, 2.75) is 33.2 Å². The summed E-state index contributed by atoms with van der Waals surface area (Å²) >= 11 is 0. The fourth-order valence-electron chi connectivity index (χ4n) is 3.00. The van der Waals surface area contributed by atoms with Gasteiger partial charge >= 0.3 is 0 Å². The summed E-state index contributed by atoms with van der Waals surface area (Å²) in [5.41, 5.74) is 5.51. The predicted molar refractivity (Wildman–Crippen MR) is 109 cm³/mol. The van der Waals surface area contributed by atoms with E-state index >= 15 is 0 Å². The minimum atomic E-state index is -0.0493. The molecule has 1 amide bonds. The monoisotopic (exact) mass is 362 g/mol. The number of nitrogens with one attached hydrogen (secondary N) is 2. The molecular weight excluding hydrogens is 336 g/mol. The quantitative estimate of drug-likeness (QED) is 0.598. The molecule has 0 unspecified atom stereocenters. The zero-order valence-corrected chi connectivity index (χ0v) is 15.9. The van der Waals surface area contributed by atoms with Crippen LogP contribution in [0, 0.1) is 6.92 Å². The number of hydrogen-bond donors (Lipinski definition) is 2. The number of aromatic nitrogens is 2. The molecular formula is C22H26N4O. The summed E-state index contributed by atoms with van der Waals surface area (Å²) < 4.78 is 1.95. The average Bonchev–Trinajstić information content (AvgIpc) is 3.04. The van der Waals surface area contributed by atoms with E-state index in [4.69, 9.17) is 0 Å². The first-order valence-corrected chi connectivity index (χ1v) is 9.29. The van der Waals surface area contributed by atoms with Crippen molar-refractivity contribution in [3.8, 4) is 5.69 Å². The number of hydrogen-bond acceptors (Lipinski definition) is 3. The van der Waals surface area contributed by atoms with Crippen molar-refractivity contribution in [2.24, 2.45) is 0 Å². The summed E-state index contributed by atoms with van der Waals surface area (Å²) in [5.74, 6) is -0.0493. The van der Waals surface area contributed by atoms with Crippen LogP contribution < -0.4 is 10.6 Å². The highest BCUT2D eigenvalue weighted by molar-refractivity contribution is 5.88. The van der Waals surface area contributed by atoms with Gasteiger partial charge in [-0.15, -0.1) is 0 Å². The molecule has 0 radical (unpaired) electrons. The lowest BCUT2D eigenvalue weighted by Gasteiger charge is -2.06. The second-order valence-electron chi connectivity index (χ2n) is 6.68. The molecule has 2 aromatic carbocycles. The Kier molecular flexibility index (Phi) is 6.39. The smallest absolute Gasteiger partial charge is 0.221 e. The van der Waals surface area contributed by atoms with Gasteiger partial charge in [-0.25, -0.2) is 4.68 Å². The molecule has 0 aliphatic rings. The summed E-state index contributed by atoms with van der Waals surface area (Å²) in [4.78, 5) is 11.0. The van der Waals surface area contributed by atoms with Gasteiger partial charge in [-0.2, -0.15) is 5.10 Å². The Bertz CT molecular complexity index is 869. The van der Waals surface area contributed by atoms with Gasteiger partial charge in [-0.3, -0.25) is 4.79 Å². The molecule has 0 saturated carbocycles. The van der Waals surface area contributed by atoms with Gasteiger partial charge in [0.1, 0.15) is 0 Å². The van der Waals surface area contributed by atoms with Crippen LogP contribution in [-0.2, 0) is 17.8 Å². The van der Waals surface area contributed by atoms with Crippen molar-refractivity contribution in [3.05, 3.63) is 77.6 Å². The van der Waals surface area contributed by atoms with Crippen LogP contribution in [0.4, 0.5) is 5.69 Å². The van der Waals surface area contributed by atoms with Crippen LogP contribution in [0.15, 0.2) is 60.8 Å². The van der Waals surface area contributed by atoms with Crippen molar-refractivity contribution in [1.82, 2.24) is 15.1 Å². The highest BCUT2D eigenvalue weighted by Crippen LogP contribution is 2.13. The molecule has 0 bridgehead atoms. The van der Waals surface area contributed by atoms with E-state index in [1.807, 2.05) is 47.1 Å². The number of amides is 1. The standard InChI is InChI=1S/C22H26N4O/c1-17-20(16-26(25-17)22-8-4-3-5-9-22)7-6-14-23-15-19-10-12-21(13-11-19)24-18(2)27/h3-5,8-13,16,23H,6-7,14-15H2,1-2H3,(H,24,27). The molecule has 140 valence electrons. The van der Waals surface area contributed by atoms with Crippen LogP contribution in [0.25, 0.3) is 5.69 Å². The number of carbonyl (C=O) groups is 1. The molecule has 1 aromatic heterocycles. The zero-order chi connectivity index (χ0) is 19.1. The Morgan fingerprint density at radius 3 is 2.52 bits per heavy atom. The molecule has 5 nitrogen and oxygen atoms in total. The first kappa shape index (κ1) is 18.9. The largest absolute Gasteiger partial charge is 0.326 e. The van der Waals surface area contributed by atoms with Gasteiger partial charge in [0.25, 0.3) is 0 Å². The van der Waals surface area contributed by atoms with Gasteiger partial charge in [0, 0.05) is 25.4 Å². The number of aryl methyl sites for hydroxylation is 2. The van der Waals surface area contributed by atoms with E-state index in [0.717, 1.165) is 43.0 Å². The van der Waals surface area contributed by atoms with E-state index in [2.05, 4.69) is 41.0 Å². The van der Waals surface area contributed by atoms with E-state index in [1.165, 1.54) is 18.1 Å². The van der Waals surface area contributed by atoms with Gasteiger partial charge in [-0.1, -0.05) is 30.3 Å². The normalized spacial score (nSPS) is 10.7. The predicted octanol–water partition coefficient (Wildman–Crippen LogP) is 3.86. The first-order chi connectivity index (χ1) is 13.1. The molecule has 5 heteroatoms. The van der Waals surface area contributed by atoms with Crippen molar-refractivity contribution in [3.63, 3.8) is 0 Å². The molecule has 0 aliphatic heterocycles. The molecule has 3 rings (SSSR count). The third-order valence-electron chi connectivity index (χ3n) is 4.42. The molecule has 2 N–H and O–H groups in total. The van der Waals surface area contributed by atoms with Crippen LogP contribution in [0.5, 0.6) is 0 Å². The number of nitrogens with zero attached hydrogens (tertiary/aromatic N) is 2. The van der Waals surface area contributed by atoms with Crippen LogP contribution in [0.2, 0.25) is 0 Å². The minimum Gasteiger partial charge on any atom is -0.326 e. The van der Waals surface area contributed by atoms with Crippen LogP contribution >= 0.6 is 0 Å². The van der Waals surface area contributed by atoms with Gasteiger partial charge in [0.15, 0.2) is 0 Å².